The molecule has 4 rings (SSSR count). The van der Waals surface area contributed by atoms with Gasteiger partial charge in [0.25, 0.3) is 5.91 Å². The number of rotatable bonds is 4. The fourth-order valence-electron chi connectivity index (χ4n) is 2.99. The minimum Gasteiger partial charge on any atom is -0.312 e. The van der Waals surface area contributed by atoms with Crippen LogP contribution in [0.4, 0.5) is 15.2 Å². The molecule has 136 valence electrons. The van der Waals surface area contributed by atoms with E-state index in [9.17, 15) is 14.0 Å². The van der Waals surface area contributed by atoms with Crippen molar-refractivity contribution in [2.75, 3.05) is 16.8 Å². The van der Waals surface area contributed by atoms with E-state index < -0.39 is 11.7 Å². The van der Waals surface area contributed by atoms with E-state index in [1.165, 1.54) is 29.5 Å². The van der Waals surface area contributed by atoms with Crippen molar-refractivity contribution in [1.82, 2.24) is 10.2 Å². The average molecular weight is 382 g/mol. The molecule has 2 amide bonds. The highest BCUT2D eigenvalue weighted by Crippen LogP contribution is 2.34. The van der Waals surface area contributed by atoms with Gasteiger partial charge in [0.1, 0.15) is 10.8 Å². The van der Waals surface area contributed by atoms with E-state index in [1.54, 1.807) is 11.0 Å². The van der Waals surface area contributed by atoms with Crippen LogP contribution >= 0.6 is 11.3 Å². The maximum atomic E-state index is 13.7. The second kappa shape index (κ2) is 7.24. The van der Waals surface area contributed by atoms with Gasteiger partial charge in [-0.3, -0.25) is 14.9 Å². The van der Waals surface area contributed by atoms with E-state index in [0.29, 0.717) is 18.0 Å². The average Bonchev–Trinajstić information content (AvgIpc) is 3.29. The first-order valence-electron chi connectivity index (χ1n) is 8.36. The lowest BCUT2D eigenvalue weighted by Gasteiger charge is -2.15. The van der Waals surface area contributed by atoms with Crippen LogP contribution in [-0.2, 0) is 4.79 Å². The molecule has 1 aliphatic rings. The fourth-order valence-corrected chi connectivity index (χ4v) is 3.82. The van der Waals surface area contributed by atoms with Gasteiger partial charge in [-0.1, -0.05) is 41.7 Å². The Morgan fingerprint density at radius 1 is 1.11 bits per heavy atom. The highest BCUT2D eigenvalue weighted by molar-refractivity contribution is 7.15. The first-order valence-corrected chi connectivity index (χ1v) is 9.18. The van der Waals surface area contributed by atoms with E-state index in [1.807, 2.05) is 30.3 Å². The predicted molar refractivity (Wildman–Crippen MR) is 100 cm³/mol. The number of nitrogens with zero attached hydrogens (tertiary/aromatic N) is 3. The van der Waals surface area contributed by atoms with Crippen molar-refractivity contribution in [2.24, 2.45) is 0 Å². The van der Waals surface area contributed by atoms with Crippen LogP contribution in [-0.4, -0.2) is 28.6 Å². The lowest BCUT2D eigenvalue weighted by Crippen LogP contribution is -2.24. The van der Waals surface area contributed by atoms with Crippen molar-refractivity contribution in [2.45, 2.75) is 12.3 Å². The number of carbonyl (C=O) groups excluding carboxylic acids is 2. The van der Waals surface area contributed by atoms with E-state index in [0.717, 1.165) is 5.69 Å². The highest BCUT2D eigenvalue weighted by Gasteiger charge is 2.33. The summed E-state index contributed by atoms with van der Waals surface area (Å²) < 4.78 is 13.7. The van der Waals surface area contributed by atoms with Crippen molar-refractivity contribution in [3.63, 3.8) is 0 Å². The summed E-state index contributed by atoms with van der Waals surface area (Å²) in [6.07, 6.45) is 0.338. The Balaban J connectivity index is 1.46. The number of anilines is 2. The summed E-state index contributed by atoms with van der Waals surface area (Å²) in [5, 5.41) is 11.6. The molecule has 0 spiro atoms. The summed E-state index contributed by atoms with van der Waals surface area (Å²) in [5.41, 5.74) is 0.795. The molecule has 6 nitrogen and oxygen atoms in total. The van der Waals surface area contributed by atoms with Gasteiger partial charge in [0.15, 0.2) is 0 Å². The van der Waals surface area contributed by atoms with Gasteiger partial charge in [-0.2, -0.15) is 0 Å². The molecule has 2 heterocycles. The van der Waals surface area contributed by atoms with Gasteiger partial charge >= 0.3 is 0 Å². The first kappa shape index (κ1) is 17.3. The van der Waals surface area contributed by atoms with Gasteiger partial charge in [-0.25, -0.2) is 4.39 Å². The van der Waals surface area contributed by atoms with Crippen LogP contribution in [0.5, 0.6) is 0 Å². The van der Waals surface area contributed by atoms with Crippen LogP contribution < -0.4 is 10.2 Å². The molecule has 1 aromatic heterocycles. The topological polar surface area (TPSA) is 75.2 Å². The SMILES string of the molecule is O=C(Nc1nnc([C@H]2CC(=O)N(c3ccccc3)C2)s1)c1ccccc1F. The third-order valence-corrected chi connectivity index (χ3v) is 5.32. The number of halogens is 1. The molecule has 0 unspecified atom stereocenters. The Kier molecular flexibility index (Phi) is 4.64. The Labute approximate surface area is 158 Å². The smallest absolute Gasteiger partial charge is 0.260 e. The number of nitrogens with one attached hydrogen (secondary N) is 1. The normalized spacial score (nSPS) is 16.6. The van der Waals surface area contributed by atoms with Crippen molar-refractivity contribution in [1.29, 1.82) is 0 Å². The Morgan fingerprint density at radius 2 is 1.85 bits per heavy atom. The van der Waals surface area contributed by atoms with Gasteiger partial charge < -0.3 is 4.90 Å². The quantitative estimate of drug-likeness (QED) is 0.750. The van der Waals surface area contributed by atoms with Gasteiger partial charge in [-0.15, -0.1) is 10.2 Å². The summed E-state index contributed by atoms with van der Waals surface area (Å²) in [4.78, 5) is 26.2. The molecule has 1 atom stereocenters. The fraction of sp³-hybridized carbons (Fsp3) is 0.158. The molecule has 3 aromatic rings. The number of benzene rings is 2. The van der Waals surface area contributed by atoms with Crippen LogP contribution in [0.2, 0.25) is 0 Å². The molecule has 2 aromatic carbocycles. The van der Waals surface area contributed by atoms with Crippen LogP contribution in [0.15, 0.2) is 54.6 Å². The van der Waals surface area contributed by atoms with Crippen LogP contribution in [0.1, 0.15) is 27.7 Å². The Hall–Kier alpha value is -3.13. The van der Waals surface area contributed by atoms with Crippen molar-refractivity contribution >= 4 is 34.0 Å². The Bertz CT molecular complexity index is 992. The maximum absolute atomic E-state index is 13.7. The Morgan fingerprint density at radius 3 is 2.63 bits per heavy atom. The van der Waals surface area contributed by atoms with Crippen LogP contribution in [0.3, 0.4) is 0 Å². The second-order valence-corrected chi connectivity index (χ2v) is 7.13. The molecular weight excluding hydrogens is 367 g/mol. The monoisotopic (exact) mass is 382 g/mol. The highest BCUT2D eigenvalue weighted by atomic mass is 32.1. The van der Waals surface area contributed by atoms with Crippen molar-refractivity contribution in [3.8, 4) is 0 Å². The lowest BCUT2D eigenvalue weighted by atomic mass is 10.1. The molecule has 1 N–H and O–H groups in total. The zero-order valence-electron chi connectivity index (χ0n) is 14.1. The number of amides is 2. The lowest BCUT2D eigenvalue weighted by molar-refractivity contribution is -0.117. The third-order valence-electron chi connectivity index (χ3n) is 4.32. The molecule has 0 bridgehead atoms. The zero-order valence-corrected chi connectivity index (χ0v) is 14.9. The van der Waals surface area contributed by atoms with Crippen LogP contribution in [0, 0.1) is 5.82 Å². The summed E-state index contributed by atoms with van der Waals surface area (Å²) in [7, 11) is 0. The van der Waals surface area contributed by atoms with E-state index >= 15 is 0 Å². The molecule has 0 aliphatic carbocycles. The van der Waals surface area contributed by atoms with Gasteiger partial charge in [0.2, 0.25) is 11.0 Å². The minimum atomic E-state index is -0.598. The molecule has 1 aliphatic heterocycles. The van der Waals surface area contributed by atoms with Crippen molar-refractivity contribution < 1.29 is 14.0 Å². The zero-order chi connectivity index (χ0) is 18.8. The van der Waals surface area contributed by atoms with E-state index in [2.05, 4.69) is 15.5 Å². The van der Waals surface area contributed by atoms with Gasteiger partial charge in [0, 0.05) is 24.6 Å². The summed E-state index contributed by atoms with van der Waals surface area (Å²) in [6, 6.07) is 15.2. The molecule has 1 fully saturated rings. The molecule has 27 heavy (non-hydrogen) atoms. The molecule has 0 radical (unpaired) electrons. The predicted octanol–water partition coefficient (Wildman–Crippen LogP) is 3.45. The maximum Gasteiger partial charge on any atom is 0.260 e. The van der Waals surface area contributed by atoms with Gasteiger partial charge in [0.05, 0.1) is 5.56 Å². The van der Waals surface area contributed by atoms with E-state index in [4.69, 9.17) is 0 Å². The molecular formula is C19H15FN4O2S. The van der Waals surface area contributed by atoms with Crippen LogP contribution in [0.25, 0.3) is 0 Å². The largest absolute Gasteiger partial charge is 0.312 e. The molecule has 1 saturated heterocycles. The minimum absolute atomic E-state index is 0.0262. The third kappa shape index (κ3) is 3.56. The molecule has 0 saturated carbocycles. The summed E-state index contributed by atoms with van der Waals surface area (Å²) >= 11 is 1.20. The summed E-state index contributed by atoms with van der Waals surface area (Å²) in [5.74, 6) is -1.24. The second-order valence-electron chi connectivity index (χ2n) is 6.12. The standard InChI is InChI=1S/C19H15FN4O2S/c20-15-9-5-4-8-14(15)17(26)21-19-23-22-18(27-19)12-10-16(25)24(11-12)13-6-2-1-3-7-13/h1-9,12H,10-11H2,(H,21,23,26)/t12-/m0/s1. The number of para-hydroxylation sites is 1. The molecule has 8 heteroatoms. The van der Waals surface area contributed by atoms with E-state index in [-0.39, 0.29) is 22.5 Å². The number of aromatic nitrogens is 2. The summed E-state index contributed by atoms with van der Waals surface area (Å²) in [6.45, 7) is 0.513. The number of hydrogen-bond donors (Lipinski definition) is 1. The number of carbonyl (C=O) groups is 2. The van der Waals surface area contributed by atoms with Gasteiger partial charge in [-0.05, 0) is 24.3 Å². The number of hydrogen-bond acceptors (Lipinski definition) is 5. The first-order chi connectivity index (χ1) is 13.1. The van der Waals surface area contributed by atoms with Crippen molar-refractivity contribution in [3.05, 3.63) is 71.0 Å².